The number of halogens is 2. The molecule has 0 atom stereocenters. The summed E-state index contributed by atoms with van der Waals surface area (Å²) in [7, 11) is 0. The SMILES string of the molecule is Clc1ccc(CN/N=C\c2cn(Cc3ccccc3Cl)c3ccccc23)cc1. The average molecular weight is 408 g/mol. The second-order valence-corrected chi connectivity index (χ2v) is 7.38. The summed E-state index contributed by atoms with van der Waals surface area (Å²) < 4.78 is 2.21. The summed E-state index contributed by atoms with van der Waals surface area (Å²) in [5, 5.41) is 7.07. The Labute approximate surface area is 174 Å². The number of hydrogen-bond donors (Lipinski definition) is 1. The summed E-state index contributed by atoms with van der Waals surface area (Å²) in [6.45, 7) is 1.36. The van der Waals surface area contributed by atoms with Crippen molar-refractivity contribution in [1.29, 1.82) is 0 Å². The number of fused-ring (bicyclic) bond motifs is 1. The molecule has 5 heteroatoms. The molecule has 0 spiro atoms. The van der Waals surface area contributed by atoms with E-state index in [1.54, 1.807) is 0 Å². The highest BCUT2D eigenvalue weighted by Crippen LogP contribution is 2.23. The fourth-order valence-electron chi connectivity index (χ4n) is 3.17. The molecular formula is C23H19Cl2N3. The fourth-order valence-corrected chi connectivity index (χ4v) is 3.49. The number of nitrogens with one attached hydrogen (secondary N) is 1. The van der Waals surface area contributed by atoms with Gasteiger partial charge in [-0.2, -0.15) is 5.10 Å². The second-order valence-electron chi connectivity index (χ2n) is 6.54. The van der Waals surface area contributed by atoms with Crippen LogP contribution >= 0.6 is 23.2 Å². The number of para-hydroxylation sites is 1. The highest BCUT2D eigenvalue weighted by atomic mass is 35.5. The largest absolute Gasteiger partial charge is 0.342 e. The Morgan fingerprint density at radius 1 is 0.893 bits per heavy atom. The third-order valence-corrected chi connectivity index (χ3v) is 5.23. The van der Waals surface area contributed by atoms with Gasteiger partial charge in [0.1, 0.15) is 0 Å². The monoisotopic (exact) mass is 407 g/mol. The van der Waals surface area contributed by atoms with Crippen LogP contribution in [-0.2, 0) is 13.1 Å². The number of rotatable bonds is 6. The first-order valence-corrected chi connectivity index (χ1v) is 9.78. The van der Waals surface area contributed by atoms with Gasteiger partial charge in [0.25, 0.3) is 0 Å². The van der Waals surface area contributed by atoms with Crippen LogP contribution in [0.2, 0.25) is 10.0 Å². The molecule has 0 aliphatic heterocycles. The van der Waals surface area contributed by atoms with Crippen LogP contribution in [0.3, 0.4) is 0 Å². The second kappa shape index (κ2) is 8.51. The maximum absolute atomic E-state index is 6.34. The van der Waals surface area contributed by atoms with Crippen molar-refractivity contribution < 1.29 is 0 Å². The van der Waals surface area contributed by atoms with Crippen molar-refractivity contribution >= 4 is 40.3 Å². The number of benzene rings is 3. The van der Waals surface area contributed by atoms with E-state index in [2.05, 4.69) is 39.5 Å². The molecule has 28 heavy (non-hydrogen) atoms. The Kier molecular flexibility index (Phi) is 5.65. The minimum atomic E-state index is 0.645. The van der Waals surface area contributed by atoms with E-state index >= 15 is 0 Å². The van der Waals surface area contributed by atoms with Crippen LogP contribution in [0.15, 0.2) is 84.1 Å². The molecule has 140 valence electrons. The van der Waals surface area contributed by atoms with Gasteiger partial charge >= 0.3 is 0 Å². The van der Waals surface area contributed by atoms with Crippen molar-refractivity contribution in [3.8, 4) is 0 Å². The van der Waals surface area contributed by atoms with Gasteiger partial charge in [-0.25, -0.2) is 0 Å². The highest BCUT2D eigenvalue weighted by Gasteiger charge is 2.08. The van der Waals surface area contributed by atoms with E-state index in [0.29, 0.717) is 13.1 Å². The molecular weight excluding hydrogens is 389 g/mol. The summed E-state index contributed by atoms with van der Waals surface area (Å²) in [6.07, 6.45) is 3.98. The van der Waals surface area contributed by atoms with Crippen molar-refractivity contribution in [2.45, 2.75) is 13.1 Å². The van der Waals surface area contributed by atoms with E-state index in [1.165, 1.54) is 0 Å². The van der Waals surface area contributed by atoms with Gasteiger partial charge in [0.05, 0.1) is 12.8 Å². The Balaban J connectivity index is 1.54. The van der Waals surface area contributed by atoms with E-state index in [0.717, 1.165) is 37.6 Å². The van der Waals surface area contributed by atoms with Gasteiger partial charge in [-0.3, -0.25) is 0 Å². The van der Waals surface area contributed by atoms with Gasteiger partial charge in [0, 0.05) is 39.3 Å². The van der Waals surface area contributed by atoms with Gasteiger partial charge in [0.15, 0.2) is 0 Å². The van der Waals surface area contributed by atoms with Crippen molar-refractivity contribution in [3.05, 3.63) is 106 Å². The summed E-state index contributed by atoms with van der Waals surface area (Å²) in [4.78, 5) is 0. The first-order chi connectivity index (χ1) is 13.7. The van der Waals surface area contributed by atoms with E-state index in [-0.39, 0.29) is 0 Å². The van der Waals surface area contributed by atoms with Gasteiger partial charge in [-0.05, 0) is 35.4 Å². The van der Waals surface area contributed by atoms with E-state index in [4.69, 9.17) is 23.2 Å². The van der Waals surface area contributed by atoms with Crippen LogP contribution in [-0.4, -0.2) is 10.8 Å². The van der Waals surface area contributed by atoms with E-state index in [9.17, 15) is 0 Å². The molecule has 1 aromatic heterocycles. The van der Waals surface area contributed by atoms with Crippen molar-refractivity contribution in [2.75, 3.05) is 0 Å². The van der Waals surface area contributed by atoms with Gasteiger partial charge in [0.2, 0.25) is 0 Å². The number of nitrogens with zero attached hydrogens (tertiary/aromatic N) is 2. The predicted molar refractivity (Wildman–Crippen MR) is 118 cm³/mol. The van der Waals surface area contributed by atoms with Crippen molar-refractivity contribution in [2.24, 2.45) is 5.10 Å². The van der Waals surface area contributed by atoms with Crippen LogP contribution in [0.25, 0.3) is 10.9 Å². The van der Waals surface area contributed by atoms with Crippen molar-refractivity contribution in [3.63, 3.8) is 0 Å². The number of aromatic nitrogens is 1. The van der Waals surface area contributed by atoms with E-state index in [1.807, 2.05) is 60.8 Å². The normalized spacial score (nSPS) is 11.4. The van der Waals surface area contributed by atoms with Gasteiger partial charge in [-0.1, -0.05) is 71.7 Å². The zero-order chi connectivity index (χ0) is 19.3. The molecule has 1 N–H and O–H groups in total. The Hall–Kier alpha value is -2.75. The third-order valence-electron chi connectivity index (χ3n) is 4.61. The zero-order valence-corrected chi connectivity index (χ0v) is 16.7. The van der Waals surface area contributed by atoms with Gasteiger partial charge < -0.3 is 9.99 Å². The number of hydrazone groups is 1. The lowest BCUT2D eigenvalue weighted by Gasteiger charge is -2.07. The van der Waals surface area contributed by atoms with Crippen molar-refractivity contribution in [1.82, 2.24) is 9.99 Å². The molecule has 3 aromatic carbocycles. The van der Waals surface area contributed by atoms with Gasteiger partial charge in [-0.15, -0.1) is 0 Å². The lowest BCUT2D eigenvalue weighted by atomic mass is 10.2. The molecule has 3 nitrogen and oxygen atoms in total. The summed E-state index contributed by atoms with van der Waals surface area (Å²) in [5.41, 5.74) is 7.53. The molecule has 0 radical (unpaired) electrons. The summed E-state index contributed by atoms with van der Waals surface area (Å²) >= 11 is 12.3. The molecule has 4 rings (SSSR count). The Morgan fingerprint density at radius 3 is 2.46 bits per heavy atom. The molecule has 0 aliphatic carbocycles. The highest BCUT2D eigenvalue weighted by molar-refractivity contribution is 6.31. The summed E-state index contributed by atoms with van der Waals surface area (Å²) in [5.74, 6) is 0. The zero-order valence-electron chi connectivity index (χ0n) is 15.1. The Morgan fingerprint density at radius 2 is 1.64 bits per heavy atom. The minimum Gasteiger partial charge on any atom is -0.342 e. The van der Waals surface area contributed by atoms with Crippen LogP contribution in [0.5, 0.6) is 0 Å². The van der Waals surface area contributed by atoms with Crippen LogP contribution in [0.4, 0.5) is 0 Å². The first-order valence-electron chi connectivity index (χ1n) is 9.02. The molecule has 0 saturated carbocycles. The maximum Gasteiger partial charge on any atom is 0.0580 e. The first kappa shape index (κ1) is 18.6. The molecule has 0 bridgehead atoms. The fraction of sp³-hybridized carbons (Fsp3) is 0.0870. The minimum absolute atomic E-state index is 0.645. The van der Waals surface area contributed by atoms with Crippen LogP contribution in [0, 0.1) is 0 Å². The van der Waals surface area contributed by atoms with Crippen LogP contribution < -0.4 is 5.43 Å². The quantitative estimate of drug-likeness (QED) is 0.302. The lowest BCUT2D eigenvalue weighted by Crippen LogP contribution is -2.05. The Bertz CT molecular complexity index is 1110. The average Bonchev–Trinajstić information content (AvgIpc) is 3.06. The number of hydrogen-bond acceptors (Lipinski definition) is 2. The summed E-state index contributed by atoms with van der Waals surface area (Å²) in [6, 6.07) is 24.0. The lowest BCUT2D eigenvalue weighted by molar-refractivity contribution is 0.748. The smallest absolute Gasteiger partial charge is 0.0580 e. The molecule has 0 fully saturated rings. The maximum atomic E-state index is 6.34. The van der Waals surface area contributed by atoms with Crippen LogP contribution in [0.1, 0.15) is 16.7 Å². The molecule has 0 saturated heterocycles. The molecule has 1 heterocycles. The predicted octanol–water partition coefficient (Wildman–Crippen LogP) is 6.12. The standard InChI is InChI=1S/C23H19Cl2N3/c24-20-11-9-17(10-12-20)13-26-27-14-19-16-28(23-8-4-2-6-21(19)23)15-18-5-1-3-7-22(18)25/h1-12,14,16,26H,13,15H2/b27-14-. The molecule has 4 aromatic rings. The topological polar surface area (TPSA) is 29.3 Å². The third kappa shape index (κ3) is 4.22. The molecule has 0 amide bonds. The molecule has 0 unspecified atom stereocenters. The molecule has 0 aliphatic rings. The van der Waals surface area contributed by atoms with E-state index < -0.39 is 0 Å².